The molecule has 2 N–H and O–H groups in total. The fourth-order valence-electron chi connectivity index (χ4n) is 4.84. The number of carbonyl (C=O) groups is 1. The van der Waals surface area contributed by atoms with E-state index in [0.717, 1.165) is 79.5 Å². The van der Waals surface area contributed by atoms with Crippen LogP contribution >= 0.6 is 0 Å². The number of aromatic nitrogens is 1. The van der Waals surface area contributed by atoms with E-state index in [-0.39, 0.29) is 0 Å². The molecule has 35 heavy (non-hydrogen) atoms. The van der Waals surface area contributed by atoms with E-state index in [1.165, 1.54) is 6.07 Å². The van der Waals surface area contributed by atoms with Crippen LogP contribution in [0.15, 0.2) is 57.9 Å². The number of aromatic carboxylic acids is 1. The molecule has 178 valence electrons. The molecule has 1 aliphatic rings. The van der Waals surface area contributed by atoms with Crippen LogP contribution in [-0.4, -0.2) is 53.7 Å². The van der Waals surface area contributed by atoms with Crippen molar-refractivity contribution in [2.45, 2.75) is 19.3 Å². The smallest absolute Gasteiger partial charge is 0.336 e. The summed E-state index contributed by atoms with van der Waals surface area (Å²) in [6.45, 7) is 4.50. The fraction of sp³-hybridized carbons (Fsp3) is 0.296. The number of anilines is 1. The molecule has 3 heterocycles. The van der Waals surface area contributed by atoms with Crippen LogP contribution in [-0.2, 0) is 6.42 Å². The van der Waals surface area contributed by atoms with Gasteiger partial charge in [-0.25, -0.2) is 9.59 Å². The number of H-pyrrole nitrogens is 1. The Kier molecular flexibility index (Phi) is 6.25. The Labute approximate surface area is 202 Å². The van der Waals surface area contributed by atoms with Gasteiger partial charge in [0.2, 0.25) is 0 Å². The van der Waals surface area contributed by atoms with E-state index in [1.807, 2.05) is 18.3 Å². The predicted molar refractivity (Wildman–Crippen MR) is 134 cm³/mol. The minimum atomic E-state index is -0.907. The average molecular weight is 471 g/mol. The van der Waals surface area contributed by atoms with Gasteiger partial charge in [0.15, 0.2) is 0 Å². The zero-order valence-corrected chi connectivity index (χ0v) is 19.3. The van der Waals surface area contributed by atoms with Crippen LogP contribution in [0.3, 0.4) is 0 Å². The number of aryl methyl sites for hydroxylation is 1. The summed E-state index contributed by atoms with van der Waals surface area (Å²) in [5.41, 5.74) is 3.85. The quantitative estimate of drug-likeness (QED) is 0.310. The van der Waals surface area contributed by atoms with Gasteiger partial charge in [-0.1, -0.05) is 0 Å². The number of aromatic amines is 1. The molecule has 8 heteroatoms. The third-order valence-corrected chi connectivity index (χ3v) is 6.76. The molecule has 0 saturated carbocycles. The van der Waals surface area contributed by atoms with E-state index < -0.39 is 11.6 Å². The molecule has 0 atom stereocenters. The first-order valence-corrected chi connectivity index (χ1v) is 11.8. The topological polar surface area (TPSA) is 114 Å². The van der Waals surface area contributed by atoms with Crippen molar-refractivity contribution >= 4 is 33.5 Å². The molecule has 5 rings (SSSR count). The van der Waals surface area contributed by atoms with Gasteiger partial charge in [0.25, 0.3) is 0 Å². The number of nitrogens with zero attached hydrogens (tertiary/aromatic N) is 3. The highest BCUT2D eigenvalue weighted by Gasteiger charge is 2.20. The minimum absolute atomic E-state index is 0.312. The Hall–Kier alpha value is -4.09. The van der Waals surface area contributed by atoms with Gasteiger partial charge in [-0.05, 0) is 61.7 Å². The molecule has 2 aromatic carbocycles. The molecule has 8 nitrogen and oxygen atoms in total. The second-order valence-electron chi connectivity index (χ2n) is 8.94. The van der Waals surface area contributed by atoms with Crippen LogP contribution in [0.5, 0.6) is 0 Å². The molecule has 0 amide bonds. The summed E-state index contributed by atoms with van der Waals surface area (Å²) in [5.74, 6) is -0.907. The van der Waals surface area contributed by atoms with Crippen LogP contribution in [0.1, 0.15) is 34.3 Å². The van der Waals surface area contributed by atoms with Crippen molar-refractivity contribution in [2.75, 3.05) is 37.6 Å². The van der Waals surface area contributed by atoms with Crippen molar-refractivity contribution in [1.82, 2.24) is 9.88 Å². The summed E-state index contributed by atoms with van der Waals surface area (Å²) in [5, 5.41) is 20.7. The molecular formula is C27H26N4O4. The van der Waals surface area contributed by atoms with Gasteiger partial charge in [-0.2, -0.15) is 5.26 Å². The number of carboxylic acid groups (broad SMARTS) is 1. The minimum Gasteiger partial charge on any atom is -0.478 e. The van der Waals surface area contributed by atoms with E-state index in [4.69, 9.17) is 4.42 Å². The van der Waals surface area contributed by atoms with Crippen molar-refractivity contribution in [2.24, 2.45) is 0 Å². The maximum absolute atomic E-state index is 11.5. The number of piperazine rings is 1. The lowest BCUT2D eigenvalue weighted by atomic mass is 10.0. The molecular weight excluding hydrogens is 444 g/mol. The highest BCUT2D eigenvalue weighted by Crippen LogP contribution is 2.27. The largest absolute Gasteiger partial charge is 0.478 e. The molecule has 1 aliphatic heterocycles. The summed E-state index contributed by atoms with van der Waals surface area (Å²) < 4.78 is 5.22. The Balaban J connectivity index is 1.15. The molecule has 1 saturated heterocycles. The molecule has 1 fully saturated rings. The average Bonchev–Trinajstić information content (AvgIpc) is 3.28. The number of nitriles is 1. The van der Waals surface area contributed by atoms with E-state index >= 15 is 0 Å². The molecule has 0 spiro atoms. The highest BCUT2D eigenvalue weighted by atomic mass is 16.4. The van der Waals surface area contributed by atoms with Crippen LogP contribution in [0, 0.1) is 11.3 Å². The van der Waals surface area contributed by atoms with Crippen molar-refractivity contribution in [3.63, 3.8) is 0 Å². The third kappa shape index (κ3) is 4.77. The Bertz CT molecular complexity index is 1490. The first-order valence-electron chi connectivity index (χ1n) is 11.8. The standard InChI is InChI=1S/C27H26N4O4/c28-16-21-15-25-18(5-7-26(32)35-25)14-24(21)31-11-9-30(10-12-31)8-2-1-3-20-17-29-23-6-4-19(27(33)34)13-22(20)23/h4-7,13-15,17,29H,1-3,8-12H2,(H,33,34). The fourth-order valence-corrected chi connectivity index (χ4v) is 4.84. The summed E-state index contributed by atoms with van der Waals surface area (Å²) in [7, 11) is 0. The lowest BCUT2D eigenvalue weighted by molar-refractivity contribution is 0.0697. The zero-order valence-electron chi connectivity index (χ0n) is 19.3. The van der Waals surface area contributed by atoms with Crippen molar-refractivity contribution in [3.05, 3.63) is 75.8 Å². The molecule has 0 unspecified atom stereocenters. The van der Waals surface area contributed by atoms with E-state index in [9.17, 15) is 20.0 Å². The lowest BCUT2D eigenvalue weighted by Crippen LogP contribution is -2.46. The van der Waals surface area contributed by atoms with Gasteiger partial charge in [0.1, 0.15) is 11.7 Å². The number of hydrogen-bond acceptors (Lipinski definition) is 6. The molecule has 0 aliphatic carbocycles. The van der Waals surface area contributed by atoms with Crippen LogP contribution in [0.2, 0.25) is 0 Å². The van der Waals surface area contributed by atoms with Gasteiger partial charge in [-0.15, -0.1) is 0 Å². The molecule has 0 radical (unpaired) electrons. The second-order valence-corrected chi connectivity index (χ2v) is 8.94. The number of hydrogen-bond donors (Lipinski definition) is 2. The second kappa shape index (κ2) is 9.65. The van der Waals surface area contributed by atoms with E-state index in [2.05, 4.69) is 20.9 Å². The maximum Gasteiger partial charge on any atom is 0.336 e. The normalized spacial score (nSPS) is 14.4. The summed E-state index contributed by atoms with van der Waals surface area (Å²) in [6, 6.07) is 14.2. The molecule has 2 aromatic heterocycles. The monoisotopic (exact) mass is 470 g/mol. The Morgan fingerprint density at radius 3 is 2.69 bits per heavy atom. The van der Waals surface area contributed by atoms with E-state index in [0.29, 0.717) is 16.7 Å². The highest BCUT2D eigenvalue weighted by molar-refractivity contribution is 5.94. The lowest BCUT2D eigenvalue weighted by Gasteiger charge is -2.36. The van der Waals surface area contributed by atoms with E-state index in [1.54, 1.807) is 24.3 Å². The van der Waals surface area contributed by atoms with Gasteiger partial charge in [0.05, 0.1) is 16.8 Å². The first kappa shape index (κ1) is 22.7. The summed E-state index contributed by atoms with van der Waals surface area (Å²) in [6.07, 6.45) is 4.97. The molecule has 0 bridgehead atoms. The SMILES string of the molecule is N#Cc1cc2oc(=O)ccc2cc1N1CCN(CCCCc2c[nH]c3ccc(C(=O)O)cc23)CC1. The van der Waals surface area contributed by atoms with Crippen molar-refractivity contribution in [1.29, 1.82) is 5.26 Å². The zero-order chi connectivity index (χ0) is 24.4. The Morgan fingerprint density at radius 2 is 1.91 bits per heavy atom. The van der Waals surface area contributed by atoms with Crippen molar-refractivity contribution in [3.8, 4) is 6.07 Å². The summed E-state index contributed by atoms with van der Waals surface area (Å²) >= 11 is 0. The number of rotatable bonds is 7. The number of carboxylic acids is 1. The van der Waals surface area contributed by atoms with Gasteiger partial charge in [-0.3, -0.25) is 4.90 Å². The van der Waals surface area contributed by atoms with Crippen molar-refractivity contribution < 1.29 is 14.3 Å². The van der Waals surface area contributed by atoms with Gasteiger partial charge in [0, 0.05) is 60.8 Å². The summed E-state index contributed by atoms with van der Waals surface area (Å²) in [4.78, 5) is 30.7. The number of fused-ring (bicyclic) bond motifs is 2. The van der Waals surface area contributed by atoms with Gasteiger partial charge < -0.3 is 19.4 Å². The van der Waals surface area contributed by atoms with Crippen LogP contribution < -0.4 is 10.5 Å². The predicted octanol–water partition coefficient (Wildman–Crippen LogP) is 3.99. The Morgan fingerprint density at radius 1 is 1.09 bits per heavy atom. The molecule has 4 aromatic rings. The first-order chi connectivity index (χ1) is 17.0. The van der Waals surface area contributed by atoms with Crippen LogP contribution in [0.25, 0.3) is 21.9 Å². The third-order valence-electron chi connectivity index (χ3n) is 6.76. The van der Waals surface area contributed by atoms with Crippen LogP contribution in [0.4, 0.5) is 5.69 Å². The number of unbranched alkanes of at least 4 members (excludes halogenated alkanes) is 1. The number of nitrogens with one attached hydrogen (secondary N) is 1. The van der Waals surface area contributed by atoms with Gasteiger partial charge >= 0.3 is 11.6 Å². The maximum atomic E-state index is 11.5. The number of benzene rings is 2.